The van der Waals surface area contributed by atoms with E-state index in [1.807, 2.05) is 27.7 Å². The monoisotopic (exact) mass is 402 g/mol. The number of rotatable bonds is 8. The van der Waals surface area contributed by atoms with Gasteiger partial charge < -0.3 is 19.5 Å². The molecule has 156 valence electrons. The Balaban J connectivity index is 2.17. The first-order valence-electron chi connectivity index (χ1n) is 9.34. The number of hydrogen-bond acceptors (Lipinski definition) is 8. The molecule has 9 nitrogen and oxygen atoms in total. The van der Waals surface area contributed by atoms with Gasteiger partial charge in [-0.15, -0.1) is 0 Å². The van der Waals surface area contributed by atoms with Crippen LogP contribution in [0.5, 0.6) is 11.9 Å². The van der Waals surface area contributed by atoms with Crippen LogP contribution in [0.2, 0.25) is 0 Å². The molecule has 0 aliphatic rings. The van der Waals surface area contributed by atoms with Gasteiger partial charge in [-0.3, -0.25) is 4.79 Å². The lowest BCUT2D eigenvalue weighted by Gasteiger charge is -2.13. The molecule has 0 bridgehead atoms. The lowest BCUT2D eigenvalue weighted by atomic mass is 10.3. The second-order valence-electron chi connectivity index (χ2n) is 7.05. The number of carbonyl (C=O) groups excluding carboxylic acids is 2. The van der Waals surface area contributed by atoms with E-state index >= 15 is 0 Å². The molecule has 2 aromatic heterocycles. The quantitative estimate of drug-likeness (QED) is 0.670. The van der Waals surface area contributed by atoms with Crippen LogP contribution in [0.25, 0.3) is 0 Å². The predicted molar refractivity (Wildman–Crippen MR) is 106 cm³/mol. The Bertz CT molecular complexity index is 822. The van der Waals surface area contributed by atoms with Crippen molar-refractivity contribution in [2.75, 3.05) is 5.32 Å². The maximum Gasteiger partial charge on any atom is 0.339 e. The first kappa shape index (κ1) is 22.1. The molecule has 0 atom stereocenters. The summed E-state index contributed by atoms with van der Waals surface area (Å²) in [5, 5.41) is 2.62. The van der Waals surface area contributed by atoms with Crippen molar-refractivity contribution < 1.29 is 23.8 Å². The van der Waals surface area contributed by atoms with Crippen LogP contribution in [0, 0.1) is 0 Å². The van der Waals surface area contributed by atoms with E-state index in [9.17, 15) is 9.59 Å². The average Bonchev–Trinajstić information content (AvgIpc) is 2.60. The first-order valence-corrected chi connectivity index (χ1v) is 9.34. The molecule has 0 saturated heterocycles. The Morgan fingerprint density at radius 1 is 0.931 bits per heavy atom. The Kier molecular flexibility index (Phi) is 7.46. The van der Waals surface area contributed by atoms with Gasteiger partial charge in [0.1, 0.15) is 11.5 Å². The molecular weight excluding hydrogens is 376 g/mol. The second-order valence-corrected chi connectivity index (χ2v) is 7.05. The average molecular weight is 402 g/mol. The molecule has 0 fully saturated rings. The van der Waals surface area contributed by atoms with Crippen molar-refractivity contribution in [2.45, 2.75) is 59.9 Å². The van der Waals surface area contributed by atoms with Crippen LogP contribution in [0.1, 0.15) is 62.4 Å². The maximum absolute atomic E-state index is 12.6. The van der Waals surface area contributed by atoms with Crippen molar-refractivity contribution in [1.29, 1.82) is 0 Å². The summed E-state index contributed by atoms with van der Waals surface area (Å²) in [5.41, 5.74) is 0.357. The van der Waals surface area contributed by atoms with Gasteiger partial charge in [-0.25, -0.2) is 9.78 Å². The molecule has 1 N–H and O–H groups in total. The molecule has 2 heterocycles. The van der Waals surface area contributed by atoms with Crippen LogP contribution in [0.3, 0.4) is 0 Å². The fourth-order valence-corrected chi connectivity index (χ4v) is 2.14. The van der Waals surface area contributed by atoms with Crippen molar-refractivity contribution in [3.8, 4) is 11.9 Å². The summed E-state index contributed by atoms with van der Waals surface area (Å²) in [7, 11) is 0. The fraction of sp³-hybridized carbons (Fsp3) is 0.450. The minimum Gasteiger partial charge on any atom is -0.475 e. The Morgan fingerprint density at radius 2 is 1.62 bits per heavy atom. The van der Waals surface area contributed by atoms with Crippen LogP contribution in [-0.2, 0) is 4.74 Å². The number of nitrogens with one attached hydrogen (secondary N) is 1. The Hall–Kier alpha value is -3.23. The minimum atomic E-state index is -0.514. The van der Waals surface area contributed by atoms with Crippen molar-refractivity contribution in [3.05, 3.63) is 35.7 Å². The number of pyridine rings is 1. The van der Waals surface area contributed by atoms with Crippen molar-refractivity contribution in [3.63, 3.8) is 0 Å². The number of carbonyl (C=O) groups is 2. The highest BCUT2D eigenvalue weighted by atomic mass is 16.5. The van der Waals surface area contributed by atoms with Gasteiger partial charge in [0.2, 0.25) is 5.88 Å². The highest BCUT2D eigenvalue weighted by Gasteiger charge is 2.16. The van der Waals surface area contributed by atoms with Crippen molar-refractivity contribution in [2.24, 2.45) is 0 Å². The Morgan fingerprint density at radius 3 is 2.17 bits per heavy atom. The van der Waals surface area contributed by atoms with Gasteiger partial charge in [-0.1, -0.05) is 0 Å². The molecule has 29 heavy (non-hydrogen) atoms. The third-order valence-corrected chi connectivity index (χ3v) is 3.20. The first-order chi connectivity index (χ1) is 13.6. The van der Waals surface area contributed by atoms with E-state index < -0.39 is 11.9 Å². The number of ether oxygens (including phenoxy) is 3. The molecule has 0 aliphatic carbocycles. The van der Waals surface area contributed by atoms with E-state index in [0.717, 1.165) is 0 Å². The van der Waals surface area contributed by atoms with Crippen molar-refractivity contribution in [1.82, 2.24) is 15.0 Å². The SMILES string of the molecule is CC(C)OC(=O)c1ccc(NC(=O)c2cc(OC(C)C)nc(OC(C)C)n2)nc1. The molecule has 1 amide bonds. The second kappa shape index (κ2) is 9.81. The zero-order chi connectivity index (χ0) is 21.6. The van der Waals surface area contributed by atoms with E-state index in [-0.39, 0.29) is 41.7 Å². The molecule has 2 aromatic rings. The van der Waals surface area contributed by atoms with Gasteiger partial charge in [0, 0.05) is 12.3 Å². The summed E-state index contributed by atoms with van der Waals surface area (Å²) in [5.74, 6) is -0.505. The normalized spacial score (nSPS) is 10.9. The van der Waals surface area contributed by atoms with Gasteiger partial charge in [0.15, 0.2) is 0 Å². The summed E-state index contributed by atoms with van der Waals surface area (Å²) in [6, 6.07) is 4.50. The predicted octanol–water partition coefficient (Wildman–Crippen LogP) is 3.26. The summed E-state index contributed by atoms with van der Waals surface area (Å²) in [4.78, 5) is 36.8. The number of nitrogens with zero attached hydrogens (tertiary/aromatic N) is 3. The smallest absolute Gasteiger partial charge is 0.339 e. The lowest BCUT2D eigenvalue weighted by Crippen LogP contribution is -2.18. The molecule has 0 spiro atoms. The van der Waals surface area contributed by atoms with Crippen LogP contribution in [-0.4, -0.2) is 45.1 Å². The standard InChI is InChI=1S/C20H26N4O5/c1-11(2)27-17-9-15(22-20(24-17)29-13(5)6)18(25)23-16-8-7-14(10-21-16)19(26)28-12(3)4/h7-13H,1-6H3,(H,21,23,25). The third-order valence-electron chi connectivity index (χ3n) is 3.20. The van der Waals surface area contributed by atoms with E-state index in [1.54, 1.807) is 13.8 Å². The summed E-state index contributed by atoms with van der Waals surface area (Å²) in [6.07, 6.45) is 0.803. The molecular formula is C20H26N4O5. The van der Waals surface area contributed by atoms with Crippen LogP contribution >= 0.6 is 0 Å². The Labute approximate surface area is 169 Å². The summed E-state index contributed by atoms with van der Waals surface area (Å²) in [6.45, 7) is 10.9. The molecule has 0 unspecified atom stereocenters. The van der Waals surface area contributed by atoms with Gasteiger partial charge >= 0.3 is 12.0 Å². The number of amides is 1. The van der Waals surface area contributed by atoms with Gasteiger partial charge in [0.05, 0.1) is 23.9 Å². The molecule has 9 heteroatoms. The van der Waals surface area contributed by atoms with Gasteiger partial charge in [0.25, 0.3) is 5.91 Å². The molecule has 0 aromatic carbocycles. The molecule has 2 rings (SSSR count). The molecule has 0 radical (unpaired) electrons. The number of aromatic nitrogens is 3. The van der Waals surface area contributed by atoms with Gasteiger partial charge in [-0.2, -0.15) is 9.97 Å². The fourth-order valence-electron chi connectivity index (χ4n) is 2.14. The maximum atomic E-state index is 12.6. The largest absolute Gasteiger partial charge is 0.475 e. The van der Waals surface area contributed by atoms with Crippen molar-refractivity contribution >= 4 is 17.7 Å². The topological polar surface area (TPSA) is 113 Å². The highest BCUT2D eigenvalue weighted by molar-refractivity contribution is 6.02. The molecule has 0 saturated carbocycles. The number of anilines is 1. The third kappa shape index (κ3) is 7.02. The number of esters is 1. The minimum absolute atomic E-state index is 0.0445. The highest BCUT2D eigenvalue weighted by Crippen LogP contribution is 2.18. The van der Waals surface area contributed by atoms with Crippen LogP contribution in [0.4, 0.5) is 5.82 Å². The van der Waals surface area contributed by atoms with E-state index in [0.29, 0.717) is 5.56 Å². The van der Waals surface area contributed by atoms with E-state index in [2.05, 4.69) is 20.3 Å². The molecule has 0 aliphatic heterocycles. The summed E-state index contributed by atoms with van der Waals surface area (Å²) >= 11 is 0. The van der Waals surface area contributed by atoms with Crippen LogP contribution < -0.4 is 14.8 Å². The zero-order valence-electron chi connectivity index (χ0n) is 17.4. The van der Waals surface area contributed by atoms with Gasteiger partial charge in [-0.05, 0) is 53.7 Å². The van der Waals surface area contributed by atoms with E-state index in [1.165, 1.54) is 24.4 Å². The lowest BCUT2D eigenvalue weighted by molar-refractivity contribution is 0.0377. The van der Waals surface area contributed by atoms with E-state index in [4.69, 9.17) is 14.2 Å². The zero-order valence-corrected chi connectivity index (χ0v) is 17.4. The number of hydrogen-bond donors (Lipinski definition) is 1. The summed E-state index contributed by atoms with van der Waals surface area (Å²) < 4.78 is 16.2. The van der Waals surface area contributed by atoms with Crippen LogP contribution in [0.15, 0.2) is 24.4 Å².